The van der Waals surface area contributed by atoms with Crippen molar-refractivity contribution in [3.63, 3.8) is 0 Å². The number of nitrogen functional groups attached to an aromatic ring is 1. The van der Waals surface area contributed by atoms with E-state index < -0.39 is 0 Å². The van der Waals surface area contributed by atoms with Crippen LogP contribution in [0.4, 0.5) is 5.69 Å². The van der Waals surface area contributed by atoms with Crippen molar-refractivity contribution >= 4 is 48.6 Å². The van der Waals surface area contributed by atoms with Crippen LogP contribution in [0.5, 0.6) is 0 Å². The Bertz CT molecular complexity index is 773. The van der Waals surface area contributed by atoms with E-state index in [1.807, 2.05) is 18.2 Å². The molecule has 0 saturated carbocycles. The summed E-state index contributed by atoms with van der Waals surface area (Å²) >= 11 is 6.87. The van der Waals surface area contributed by atoms with Gasteiger partial charge in [0.2, 0.25) is 5.89 Å². The Kier molecular flexibility index (Phi) is 3.56. The van der Waals surface area contributed by atoms with Crippen molar-refractivity contribution in [2.75, 3.05) is 5.73 Å². The molecule has 3 nitrogen and oxygen atoms in total. The summed E-state index contributed by atoms with van der Waals surface area (Å²) < 4.78 is 7.45. The number of halogens is 2. The monoisotopic (exact) mass is 394 g/mol. The molecule has 0 radical (unpaired) electrons. The van der Waals surface area contributed by atoms with Crippen LogP contribution < -0.4 is 5.73 Å². The highest BCUT2D eigenvalue weighted by molar-refractivity contribution is 9.11. The molecule has 0 fully saturated rings. The molecule has 0 aliphatic heterocycles. The van der Waals surface area contributed by atoms with Crippen LogP contribution in [0.3, 0.4) is 0 Å². The first kappa shape index (κ1) is 13.6. The number of nitrogens with two attached hydrogens (primary N) is 1. The molecule has 1 heterocycles. The Hall–Kier alpha value is -1.33. The Morgan fingerprint density at radius 3 is 2.50 bits per heavy atom. The molecule has 1 aromatic heterocycles. The first-order valence-electron chi connectivity index (χ1n) is 6.23. The predicted octanol–water partition coefficient (Wildman–Crippen LogP) is 5.16. The van der Waals surface area contributed by atoms with Gasteiger partial charge in [-0.3, -0.25) is 0 Å². The molecule has 0 unspecified atom stereocenters. The molecule has 2 aromatic carbocycles. The topological polar surface area (TPSA) is 52.0 Å². The van der Waals surface area contributed by atoms with Gasteiger partial charge in [-0.25, -0.2) is 4.98 Å². The third kappa shape index (κ3) is 2.36. The Balaban J connectivity index is 2.14. The summed E-state index contributed by atoms with van der Waals surface area (Å²) in [6, 6.07) is 9.90. The lowest BCUT2D eigenvalue weighted by Gasteiger charge is -2.03. The number of anilines is 1. The minimum absolute atomic E-state index is 0.592. The quantitative estimate of drug-likeness (QED) is 0.609. The molecule has 3 aromatic rings. The highest BCUT2D eigenvalue weighted by atomic mass is 79.9. The van der Waals surface area contributed by atoms with Crippen molar-refractivity contribution in [1.29, 1.82) is 0 Å². The third-order valence-corrected chi connectivity index (χ3v) is 4.50. The zero-order valence-electron chi connectivity index (χ0n) is 10.8. The van der Waals surface area contributed by atoms with Crippen LogP contribution in [0, 0.1) is 0 Å². The highest BCUT2D eigenvalue weighted by Crippen LogP contribution is 2.34. The van der Waals surface area contributed by atoms with Gasteiger partial charge < -0.3 is 10.2 Å². The number of aryl methyl sites for hydroxylation is 1. The second kappa shape index (κ2) is 5.22. The van der Waals surface area contributed by atoms with Gasteiger partial charge in [-0.2, -0.15) is 0 Å². The third-order valence-electron chi connectivity index (χ3n) is 3.19. The van der Waals surface area contributed by atoms with Crippen LogP contribution in [0.15, 0.2) is 43.7 Å². The maximum Gasteiger partial charge on any atom is 0.227 e. The summed E-state index contributed by atoms with van der Waals surface area (Å²) in [6.45, 7) is 2.12. The largest absolute Gasteiger partial charge is 0.436 e. The number of rotatable bonds is 2. The summed E-state index contributed by atoms with van der Waals surface area (Å²) in [4.78, 5) is 4.55. The summed E-state index contributed by atoms with van der Waals surface area (Å²) in [6.07, 6.45) is 0.983. The maximum absolute atomic E-state index is 5.90. The van der Waals surface area contributed by atoms with Crippen LogP contribution in [0.2, 0.25) is 0 Å². The fourth-order valence-electron chi connectivity index (χ4n) is 2.02. The number of fused-ring (bicyclic) bond motifs is 1. The normalized spacial score (nSPS) is 11.2. The van der Waals surface area contributed by atoms with Gasteiger partial charge in [0.05, 0.1) is 5.69 Å². The average molecular weight is 396 g/mol. The second-order valence-electron chi connectivity index (χ2n) is 4.53. The maximum atomic E-state index is 5.90. The van der Waals surface area contributed by atoms with E-state index in [2.05, 4.69) is 55.9 Å². The van der Waals surface area contributed by atoms with E-state index in [4.69, 9.17) is 10.2 Å². The van der Waals surface area contributed by atoms with Crippen molar-refractivity contribution < 1.29 is 4.42 Å². The van der Waals surface area contributed by atoms with E-state index in [1.165, 1.54) is 5.56 Å². The van der Waals surface area contributed by atoms with Crippen LogP contribution in [-0.4, -0.2) is 4.98 Å². The van der Waals surface area contributed by atoms with Crippen LogP contribution in [0.1, 0.15) is 12.5 Å². The number of oxazole rings is 1. The number of nitrogens with zero attached hydrogens (tertiary/aromatic N) is 1. The van der Waals surface area contributed by atoms with Gasteiger partial charge in [0.15, 0.2) is 5.58 Å². The van der Waals surface area contributed by atoms with E-state index in [1.54, 1.807) is 0 Å². The second-order valence-corrected chi connectivity index (χ2v) is 6.24. The molecule has 0 aliphatic rings. The fourth-order valence-corrected chi connectivity index (χ4v) is 3.21. The van der Waals surface area contributed by atoms with Crippen LogP contribution in [-0.2, 0) is 6.42 Å². The number of aromatic nitrogens is 1. The molecule has 0 spiro atoms. The number of hydrogen-bond acceptors (Lipinski definition) is 3. The summed E-state index contributed by atoms with van der Waals surface area (Å²) in [5.74, 6) is 0.592. The van der Waals surface area contributed by atoms with Gasteiger partial charge >= 0.3 is 0 Å². The lowest BCUT2D eigenvalue weighted by atomic mass is 10.1. The molecular weight excluding hydrogens is 384 g/mol. The van der Waals surface area contributed by atoms with E-state index in [-0.39, 0.29) is 0 Å². The Morgan fingerprint density at radius 2 is 1.85 bits per heavy atom. The van der Waals surface area contributed by atoms with Crippen LogP contribution >= 0.6 is 31.9 Å². The molecule has 0 saturated heterocycles. The molecule has 3 rings (SSSR count). The zero-order valence-corrected chi connectivity index (χ0v) is 14.0. The molecular formula is C15H12Br2N2O. The SMILES string of the molecule is CCc1ccc2oc(-c3cc(Br)c(N)c(Br)c3)nc2c1. The molecule has 0 aliphatic carbocycles. The summed E-state index contributed by atoms with van der Waals surface area (Å²) in [5.41, 5.74) is 10.4. The standard InChI is InChI=1S/C15H12Br2N2O/c1-2-8-3-4-13-12(5-8)19-15(20-13)9-6-10(16)14(18)11(17)7-9/h3-7H,2,18H2,1H3. The van der Waals surface area contributed by atoms with Crippen molar-refractivity contribution in [3.8, 4) is 11.5 Å². The Morgan fingerprint density at radius 1 is 1.15 bits per heavy atom. The summed E-state index contributed by atoms with van der Waals surface area (Å²) in [5, 5.41) is 0. The van der Waals surface area contributed by atoms with Gasteiger partial charge in [-0.15, -0.1) is 0 Å². The molecule has 0 atom stereocenters. The molecule has 5 heteroatoms. The average Bonchev–Trinajstić information content (AvgIpc) is 2.86. The van der Waals surface area contributed by atoms with E-state index in [0.29, 0.717) is 11.6 Å². The number of benzene rings is 2. The highest BCUT2D eigenvalue weighted by Gasteiger charge is 2.12. The molecule has 20 heavy (non-hydrogen) atoms. The first-order valence-corrected chi connectivity index (χ1v) is 7.81. The van der Waals surface area contributed by atoms with Gasteiger partial charge in [0.1, 0.15) is 5.52 Å². The molecule has 0 bridgehead atoms. The lowest BCUT2D eigenvalue weighted by molar-refractivity contribution is 0.619. The predicted molar refractivity (Wildman–Crippen MR) is 88.6 cm³/mol. The molecule has 102 valence electrons. The van der Waals surface area contributed by atoms with Crippen LogP contribution in [0.25, 0.3) is 22.6 Å². The van der Waals surface area contributed by atoms with E-state index >= 15 is 0 Å². The van der Waals surface area contributed by atoms with Crippen molar-refractivity contribution in [1.82, 2.24) is 4.98 Å². The minimum atomic E-state index is 0.592. The smallest absolute Gasteiger partial charge is 0.227 e. The fraction of sp³-hybridized carbons (Fsp3) is 0.133. The van der Waals surface area contributed by atoms with Gasteiger partial charge in [0, 0.05) is 14.5 Å². The molecule has 0 amide bonds. The van der Waals surface area contributed by atoms with E-state index in [0.717, 1.165) is 32.0 Å². The minimum Gasteiger partial charge on any atom is -0.436 e. The van der Waals surface area contributed by atoms with Gasteiger partial charge in [0.25, 0.3) is 0 Å². The van der Waals surface area contributed by atoms with Crippen molar-refractivity contribution in [2.45, 2.75) is 13.3 Å². The zero-order chi connectivity index (χ0) is 14.3. The molecule has 2 N–H and O–H groups in total. The lowest BCUT2D eigenvalue weighted by Crippen LogP contribution is -1.89. The van der Waals surface area contributed by atoms with Gasteiger partial charge in [-0.05, 0) is 68.1 Å². The first-order chi connectivity index (χ1) is 9.58. The Labute approximate surface area is 133 Å². The van der Waals surface area contributed by atoms with E-state index in [9.17, 15) is 0 Å². The van der Waals surface area contributed by atoms with Crippen molar-refractivity contribution in [3.05, 3.63) is 44.8 Å². The van der Waals surface area contributed by atoms with Crippen molar-refractivity contribution in [2.24, 2.45) is 0 Å². The number of hydrogen-bond donors (Lipinski definition) is 1. The summed E-state index contributed by atoms with van der Waals surface area (Å²) in [7, 11) is 0. The van der Waals surface area contributed by atoms with Gasteiger partial charge in [-0.1, -0.05) is 13.0 Å².